The largest absolute Gasteiger partial charge is 0.179 e. The van der Waals surface area contributed by atoms with Crippen LogP contribution in [0.2, 0.25) is 0 Å². The lowest BCUT2D eigenvalue weighted by molar-refractivity contribution is 0.804. The second-order valence-corrected chi connectivity index (χ2v) is 6.54. The van der Waals surface area contributed by atoms with Gasteiger partial charge in [0.2, 0.25) is 0 Å². The van der Waals surface area contributed by atoms with Gasteiger partial charge in [-0.1, -0.05) is 0 Å². The third-order valence-corrected chi connectivity index (χ3v) is 4.76. The molecule has 0 aromatic heterocycles. The average Bonchev–Trinajstić information content (AvgIpc) is 2.10. The van der Waals surface area contributed by atoms with Crippen LogP contribution in [0.1, 0.15) is 12.8 Å². The molecular weight excluding hydrogens is 244 g/mol. The Hall–Kier alpha value is 1.75. The number of rotatable bonds is 8. The summed E-state index contributed by atoms with van der Waals surface area (Å²) in [5.41, 5.74) is 0. The van der Waals surface area contributed by atoms with Gasteiger partial charge in [-0.2, -0.15) is 49.6 Å². The van der Waals surface area contributed by atoms with Gasteiger partial charge in [0.25, 0.3) is 0 Å². The molecule has 1 unspecified atom stereocenters. The van der Waals surface area contributed by atoms with E-state index in [1.54, 1.807) is 0 Å². The zero-order valence-corrected chi connectivity index (χ0v) is 11.3. The molecule has 1 atom stereocenters. The van der Waals surface area contributed by atoms with Gasteiger partial charge in [-0.05, 0) is 18.6 Å². The number of thioether (sulfide) groups is 2. The molecule has 12 heavy (non-hydrogen) atoms. The molecule has 0 aromatic carbocycles. The summed E-state index contributed by atoms with van der Waals surface area (Å²) in [4.78, 5) is 0. The molecule has 0 saturated carbocycles. The predicted octanol–water partition coefficient (Wildman–Crippen LogP) is 3.31. The van der Waals surface area contributed by atoms with E-state index in [0.29, 0.717) is 0 Å². The summed E-state index contributed by atoms with van der Waals surface area (Å²) < 4.78 is 0. The highest BCUT2D eigenvalue weighted by Crippen LogP contribution is 2.22. The highest BCUT2D eigenvalue weighted by Gasteiger charge is 2.06. The molecule has 0 bridgehead atoms. The maximum absolute atomic E-state index is 4.22. The van der Waals surface area contributed by atoms with Gasteiger partial charge in [0.1, 0.15) is 0 Å². The standard InChI is InChI=1S/C7H16S5/c8-3-1-2-7(12-6-10)4-11-5-9/h7-10H,1-6H2. The lowest BCUT2D eigenvalue weighted by Crippen LogP contribution is -2.06. The fraction of sp³-hybridized carbons (Fsp3) is 1.00. The molecular formula is C7H16S5. The molecule has 0 aliphatic heterocycles. The van der Waals surface area contributed by atoms with E-state index < -0.39 is 0 Å². The maximum Gasteiger partial charge on any atom is 0.0364 e. The highest BCUT2D eigenvalue weighted by atomic mass is 32.2. The number of thiol groups is 3. The summed E-state index contributed by atoms with van der Waals surface area (Å²) in [6.45, 7) is 0. The van der Waals surface area contributed by atoms with Crippen LogP contribution in [0.25, 0.3) is 0 Å². The second-order valence-electron chi connectivity index (χ2n) is 2.28. The van der Waals surface area contributed by atoms with Crippen LogP contribution in [0.15, 0.2) is 0 Å². The lowest BCUT2D eigenvalue weighted by Gasteiger charge is -2.13. The van der Waals surface area contributed by atoms with Crippen molar-refractivity contribution in [2.24, 2.45) is 0 Å². The van der Waals surface area contributed by atoms with Crippen LogP contribution < -0.4 is 0 Å². The summed E-state index contributed by atoms with van der Waals surface area (Å²) in [7, 11) is 0. The van der Waals surface area contributed by atoms with E-state index in [0.717, 1.165) is 21.2 Å². The van der Waals surface area contributed by atoms with E-state index in [-0.39, 0.29) is 0 Å². The summed E-state index contributed by atoms with van der Waals surface area (Å²) in [6.07, 6.45) is 2.47. The molecule has 0 nitrogen and oxygen atoms in total. The first-order valence-electron chi connectivity index (χ1n) is 3.87. The van der Waals surface area contributed by atoms with E-state index in [9.17, 15) is 0 Å². The molecule has 0 fully saturated rings. The van der Waals surface area contributed by atoms with Gasteiger partial charge in [-0.25, -0.2) is 0 Å². The molecule has 74 valence electrons. The van der Waals surface area contributed by atoms with Crippen LogP contribution in [0.5, 0.6) is 0 Å². The van der Waals surface area contributed by atoms with E-state index in [4.69, 9.17) is 0 Å². The van der Waals surface area contributed by atoms with Crippen LogP contribution >= 0.6 is 61.4 Å². The van der Waals surface area contributed by atoms with Gasteiger partial charge in [0.15, 0.2) is 0 Å². The third-order valence-electron chi connectivity index (χ3n) is 1.39. The van der Waals surface area contributed by atoms with Gasteiger partial charge < -0.3 is 0 Å². The fourth-order valence-electron chi connectivity index (χ4n) is 0.823. The minimum absolute atomic E-state index is 0.742. The smallest absolute Gasteiger partial charge is 0.0364 e. The molecule has 0 heterocycles. The van der Waals surface area contributed by atoms with Gasteiger partial charge in [0, 0.05) is 21.2 Å². The van der Waals surface area contributed by atoms with E-state index in [1.165, 1.54) is 18.6 Å². The van der Waals surface area contributed by atoms with Gasteiger partial charge in [-0.3, -0.25) is 0 Å². The van der Waals surface area contributed by atoms with Crippen molar-refractivity contribution in [1.82, 2.24) is 0 Å². The summed E-state index contributed by atoms with van der Waals surface area (Å²) in [6, 6.07) is 0. The van der Waals surface area contributed by atoms with Crippen LogP contribution in [0.4, 0.5) is 0 Å². The molecule has 0 spiro atoms. The summed E-state index contributed by atoms with van der Waals surface area (Å²) >= 11 is 16.4. The molecule has 0 rings (SSSR count). The first kappa shape index (κ1) is 13.8. The van der Waals surface area contributed by atoms with Crippen molar-refractivity contribution in [2.75, 3.05) is 21.7 Å². The average molecular weight is 261 g/mol. The van der Waals surface area contributed by atoms with Crippen molar-refractivity contribution in [3.05, 3.63) is 0 Å². The van der Waals surface area contributed by atoms with Crippen LogP contribution in [0.3, 0.4) is 0 Å². The second kappa shape index (κ2) is 10.8. The molecule has 5 heteroatoms. The Bertz CT molecular complexity index is 79.9. The monoisotopic (exact) mass is 260 g/mol. The molecule has 0 N–H and O–H groups in total. The topological polar surface area (TPSA) is 0 Å². The minimum atomic E-state index is 0.742. The van der Waals surface area contributed by atoms with Crippen molar-refractivity contribution >= 4 is 61.4 Å². The van der Waals surface area contributed by atoms with Crippen molar-refractivity contribution in [3.8, 4) is 0 Å². The minimum Gasteiger partial charge on any atom is -0.179 e. The zero-order chi connectivity index (χ0) is 9.23. The van der Waals surface area contributed by atoms with Gasteiger partial charge in [0.05, 0.1) is 0 Å². The normalized spacial score (nSPS) is 13.2. The van der Waals surface area contributed by atoms with Crippen molar-refractivity contribution in [3.63, 3.8) is 0 Å². The van der Waals surface area contributed by atoms with E-state index in [2.05, 4.69) is 37.9 Å². The van der Waals surface area contributed by atoms with Crippen LogP contribution in [0, 0.1) is 0 Å². The first-order valence-corrected chi connectivity index (χ1v) is 7.97. The summed E-state index contributed by atoms with van der Waals surface area (Å²) in [5, 5.41) is 2.58. The quantitative estimate of drug-likeness (QED) is 0.452. The molecule has 0 aliphatic carbocycles. The van der Waals surface area contributed by atoms with Crippen molar-refractivity contribution in [2.45, 2.75) is 18.1 Å². The maximum atomic E-state index is 4.22. The van der Waals surface area contributed by atoms with Gasteiger partial charge >= 0.3 is 0 Å². The molecule has 0 amide bonds. The highest BCUT2D eigenvalue weighted by molar-refractivity contribution is 8.12. The Balaban J connectivity index is 3.40. The molecule has 0 saturated heterocycles. The number of hydrogen-bond donors (Lipinski definition) is 3. The molecule has 0 radical (unpaired) electrons. The predicted molar refractivity (Wildman–Crippen MR) is 74.6 cm³/mol. The Morgan fingerprint density at radius 2 is 1.83 bits per heavy atom. The summed E-state index contributed by atoms with van der Waals surface area (Å²) in [5.74, 6) is 2.19. The first-order chi connectivity index (χ1) is 5.85. The third kappa shape index (κ3) is 8.35. The van der Waals surface area contributed by atoms with Crippen LogP contribution in [-0.4, -0.2) is 26.9 Å². The Morgan fingerprint density at radius 1 is 1.08 bits per heavy atom. The Kier molecular flexibility index (Phi) is 12.4. The molecule has 0 aromatic rings. The molecule has 0 aliphatic rings. The van der Waals surface area contributed by atoms with Crippen molar-refractivity contribution in [1.29, 1.82) is 0 Å². The van der Waals surface area contributed by atoms with Gasteiger partial charge in [-0.15, -0.1) is 11.8 Å². The fourth-order valence-corrected chi connectivity index (χ4v) is 3.71. The SMILES string of the molecule is SCCCC(CSCS)SCS. The van der Waals surface area contributed by atoms with E-state index >= 15 is 0 Å². The zero-order valence-electron chi connectivity index (χ0n) is 6.98. The van der Waals surface area contributed by atoms with E-state index in [1.807, 2.05) is 23.5 Å². The Labute approximate surface area is 101 Å². The number of hydrogen-bond acceptors (Lipinski definition) is 5. The van der Waals surface area contributed by atoms with Crippen molar-refractivity contribution < 1.29 is 0 Å². The Morgan fingerprint density at radius 3 is 2.33 bits per heavy atom. The lowest BCUT2D eigenvalue weighted by atomic mass is 10.3. The van der Waals surface area contributed by atoms with Crippen LogP contribution in [-0.2, 0) is 0 Å².